The molecule has 0 heterocycles. The van der Waals surface area contributed by atoms with Crippen LogP contribution < -0.4 is 10.6 Å². The highest BCUT2D eigenvalue weighted by molar-refractivity contribution is 5.79. The number of nitrogens with one attached hydrogen (secondary N) is 2. The monoisotopic (exact) mass is 356 g/mol. The number of esters is 1. The molecule has 0 radical (unpaired) electrons. The third-order valence-corrected chi connectivity index (χ3v) is 4.12. The zero-order valence-electron chi connectivity index (χ0n) is 17.2. The van der Waals surface area contributed by atoms with Crippen molar-refractivity contribution in [2.24, 2.45) is 4.99 Å². The maximum absolute atomic E-state index is 11.0. The molecule has 0 aromatic carbocycles. The zero-order valence-corrected chi connectivity index (χ0v) is 17.2. The van der Waals surface area contributed by atoms with Crippen LogP contribution in [0, 0.1) is 0 Å². The summed E-state index contributed by atoms with van der Waals surface area (Å²) in [4.78, 5) is 18.1. The summed E-state index contributed by atoms with van der Waals surface area (Å²) in [5, 5.41) is 6.72. The number of ether oxygens (including phenoxy) is 1. The summed E-state index contributed by atoms with van der Waals surface area (Å²) < 4.78 is 4.64. The van der Waals surface area contributed by atoms with Crippen LogP contribution in [0.5, 0.6) is 0 Å². The number of nitrogens with zero attached hydrogens (tertiary/aromatic N) is 2. The van der Waals surface area contributed by atoms with E-state index >= 15 is 0 Å². The van der Waals surface area contributed by atoms with Gasteiger partial charge < -0.3 is 15.4 Å². The largest absolute Gasteiger partial charge is 0.469 e. The molecule has 0 bridgehead atoms. The normalized spacial score (nSPS) is 12.1. The predicted octanol–water partition coefficient (Wildman–Crippen LogP) is 2.78. The van der Waals surface area contributed by atoms with Gasteiger partial charge in [-0.2, -0.15) is 0 Å². The van der Waals surface area contributed by atoms with Crippen molar-refractivity contribution < 1.29 is 9.53 Å². The van der Waals surface area contributed by atoms with E-state index < -0.39 is 0 Å². The minimum atomic E-state index is -0.117. The summed E-state index contributed by atoms with van der Waals surface area (Å²) in [6, 6.07) is 1.10. The molecule has 6 nitrogen and oxygen atoms in total. The van der Waals surface area contributed by atoms with E-state index in [-0.39, 0.29) is 5.97 Å². The molecule has 2 N–H and O–H groups in total. The van der Waals surface area contributed by atoms with Crippen LogP contribution in [0.15, 0.2) is 4.99 Å². The average Bonchev–Trinajstić information content (AvgIpc) is 2.56. The molecule has 0 aliphatic heterocycles. The van der Waals surface area contributed by atoms with Gasteiger partial charge in [0.05, 0.1) is 7.11 Å². The summed E-state index contributed by atoms with van der Waals surface area (Å²) in [6.45, 7) is 14.6. The van der Waals surface area contributed by atoms with E-state index in [1.807, 2.05) is 0 Å². The zero-order chi connectivity index (χ0) is 19.1. The second kappa shape index (κ2) is 15.0. The van der Waals surface area contributed by atoms with E-state index in [1.165, 1.54) is 7.11 Å². The Morgan fingerprint density at radius 2 is 1.68 bits per heavy atom. The van der Waals surface area contributed by atoms with Crippen molar-refractivity contribution in [2.75, 3.05) is 33.3 Å². The highest BCUT2D eigenvalue weighted by Gasteiger charge is 2.12. The molecule has 0 saturated heterocycles. The summed E-state index contributed by atoms with van der Waals surface area (Å²) in [6.07, 6.45) is 4.60. The summed E-state index contributed by atoms with van der Waals surface area (Å²) in [5.74, 6) is 0.776. The molecule has 0 saturated carbocycles. The lowest BCUT2D eigenvalue weighted by Crippen LogP contribution is -2.45. The van der Waals surface area contributed by atoms with E-state index in [4.69, 9.17) is 0 Å². The first-order chi connectivity index (χ1) is 11.9. The van der Waals surface area contributed by atoms with Gasteiger partial charge in [-0.1, -0.05) is 12.8 Å². The molecular formula is C19H40N4O2. The molecule has 0 rings (SSSR count). The van der Waals surface area contributed by atoms with Crippen LogP contribution in [0.4, 0.5) is 0 Å². The van der Waals surface area contributed by atoms with Crippen molar-refractivity contribution in [1.29, 1.82) is 0 Å². The van der Waals surface area contributed by atoms with Gasteiger partial charge in [0.1, 0.15) is 0 Å². The lowest BCUT2D eigenvalue weighted by Gasteiger charge is -2.30. The van der Waals surface area contributed by atoms with Crippen molar-refractivity contribution in [2.45, 2.75) is 78.8 Å². The average molecular weight is 357 g/mol. The molecule has 0 aliphatic rings. The fourth-order valence-corrected chi connectivity index (χ4v) is 2.79. The second-order valence-corrected chi connectivity index (χ2v) is 6.85. The van der Waals surface area contributed by atoms with Gasteiger partial charge in [0, 0.05) is 44.7 Å². The second-order valence-electron chi connectivity index (χ2n) is 6.85. The van der Waals surface area contributed by atoms with Crippen LogP contribution in [0.25, 0.3) is 0 Å². The third kappa shape index (κ3) is 12.7. The van der Waals surface area contributed by atoms with Gasteiger partial charge in [0.2, 0.25) is 0 Å². The Morgan fingerprint density at radius 3 is 2.24 bits per heavy atom. The van der Waals surface area contributed by atoms with E-state index in [1.54, 1.807) is 0 Å². The predicted molar refractivity (Wildman–Crippen MR) is 106 cm³/mol. The number of hydrogen-bond acceptors (Lipinski definition) is 4. The summed E-state index contributed by atoms with van der Waals surface area (Å²) in [5.41, 5.74) is 0. The lowest BCUT2D eigenvalue weighted by molar-refractivity contribution is -0.140. The van der Waals surface area contributed by atoms with Crippen LogP contribution in [0.3, 0.4) is 0 Å². The fraction of sp³-hybridized carbons (Fsp3) is 0.895. The Morgan fingerprint density at radius 1 is 1.04 bits per heavy atom. The van der Waals surface area contributed by atoms with Crippen molar-refractivity contribution >= 4 is 11.9 Å². The van der Waals surface area contributed by atoms with E-state index in [0.717, 1.165) is 57.8 Å². The molecule has 6 heteroatoms. The maximum Gasteiger partial charge on any atom is 0.305 e. The van der Waals surface area contributed by atoms with Gasteiger partial charge in [-0.05, 0) is 47.5 Å². The van der Waals surface area contributed by atoms with Gasteiger partial charge in [-0.15, -0.1) is 0 Å². The number of carbonyl (C=O) groups is 1. The molecule has 0 unspecified atom stereocenters. The number of carbonyl (C=O) groups excluding carboxylic acids is 1. The minimum Gasteiger partial charge on any atom is -0.469 e. The number of rotatable bonds is 13. The first-order valence-electron chi connectivity index (χ1n) is 9.77. The van der Waals surface area contributed by atoms with E-state index in [0.29, 0.717) is 18.5 Å². The highest BCUT2D eigenvalue weighted by Crippen LogP contribution is 2.04. The highest BCUT2D eigenvalue weighted by atomic mass is 16.5. The molecule has 148 valence electrons. The Bertz CT molecular complexity index is 362. The molecule has 0 amide bonds. The quantitative estimate of drug-likeness (QED) is 0.230. The van der Waals surface area contributed by atoms with Crippen LogP contribution >= 0.6 is 0 Å². The maximum atomic E-state index is 11.0. The molecule has 25 heavy (non-hydrogen) atoms. The lowest BCUT2D eigenvalue weighted by atomic mass is 10.1. The van der Waals surface area contributed by atoms with Crippen LogP contribution in [0.1, 0.15) is 66.7 Å². The van der Waals surface area contributed by atoms with Gasteiger partial charge in [-0.25, -0.2) is 0 Å². The molecule has 0 aromatic rings. The van der Waals surface area contributed by atoms with E-state index in [2.05, 4.69) is 59.9 Å². The standard InChI is InChI=1S/C19H40N4O2/c1-7-20-19(22-14-15-23(16(2)3)17(4)5)21-13-11-9-8-10-12-18(24)25-6/h16-17H,7-15H2,1-6H3,(H2,20,21,22). The molecule has 0 aliphatic carbocycles. The van der Waals surface area contributed by atoms with E-state index in [9.17, 15) is 4.79 Å². The molecule has 0 aromatic heterocycles. The first kappa shape index (κ1) is 23.7. The number of hydrogen-bond donors (Lipinski definition) is 2. The molecule has 0 fully saturated rings. The van der Waals surface area contributed by atoms with Gasteiger partial charge in [-0.3, -0.25) is 14.7 Å². The molecular weight excluding hydrogens is 316 g/mol. The van der Waals surface area contributed by atoms with Crippen molar-refractivity contribution in [3.05, 3.63) is 0 Å². The SMILES string of the molecule is CCNC(=NCCCCCCC(=O)OC)NCCN(C(C)C)C(C)C. The van der Waals surface area contributed by atoms with Crippen molar-refractivity contribution in [3.63, 3.8) is 0 Å². The Balaban J connectivity index is 4.02. The van der Waals surface area contributed by atoms with Crippen LogP contribution in [-0.2, 0) is 9.53 Å². The van der Waals surface area contributed by atoms with Crippen LogP contribution in [0.2, 0.25) is 0 Å². The number of unbranched alkanes of at least 4 members (excludes halogenated alkanes) is 3. The van der Waals surface area contributed by atoms with Crippen molar-refractivity contribution in [1.82, 2.24) is 15.5 Å². The first-order valence-corrected chi connectivity index (χ1v) is 9.77. The van der Waals surface area contributed by atoms with Gasteiger partial charge in [0.15, 0.2) is 5.96 Å². The number of methoxy groups -OCH3 is 1. The Hall–Kier alpha value is -1.30. The van der Waals surface area contributed by atoms with Gasteiger partial charge >= 0.3 is 5.97 Å². The van der Waals surface area contributed by atoms with Crippen molar-refractivity contribution in [3.8, 4) is 0 Å². The minimum absolute atomic E-state index is 0.117. The summed E-state index contributed by atoms with van der Waals surface area (Å²) >= 11 is 0. The van der Waals surface area contributed by atoms with Gasteiger partial charge in [0.25, 0.3) is 0 Å². The number of guanidine groups is 1. The third-order valence-electron chi connectivity index (χ3n) is 4.12. The van der Waals surface area contributed by atoms with Crippen LogP contribution in [-0.4, -0.2) is 62.2 Å². The Kier molecular flexibility index (Phi) is 14.2. The fourth-order valence-electron chi connectivity index (χ4n) is 2.79. The molecule has 0 atom stereocenters. The molecule has 0 spiro atoms. The topological polar surface area (TPSA) is 66.0 Å². The number of aliphatic imine (C=N–C) groups is 1. The summed E-state index contributed by atoms with van der Waals surface area (Å²) in [7, 11) is 1.44. The smallest absolute Gasteiger partial charge is 0.305 e. The Labute approximate surface area is 154 Å².